The van der Waals surface area contributed by atoms with Crippen LogP contribution < -0.4 is 4.74 Å². The van der Waals surface area contributed by atoms with Gasteiger partial charge in [0, 0.05) is 44.6 Å². The van der Waals surface area contributed by atoms with Gasteiger partial charge in [-0.3, -0.25) is 4.79 Å². The van der Waals surface area contributed by atoms with E-state index in [2.05, 4.69) is 22.0 Å². The zero-order valence-electron chi connectivity index (χ0n) is 20.6. The van der Waals surface area contributed by atoms with Gasteiger partial charge in [0.1, 0.15) is 17.6 Å². The average molecular weight is 466 g/mol. The van der Waals surface area contributed by atoms with Crippen molar-refractivity contribution >= 4 is 5.78 Å². The maximum atomic E-state index is 12.4. The molecule has 0 spiro atoms. The number of rotatable bonds is 9. The van der Waals surface area contributed by atoms with Crippen LogP contribution >= 0.6 is 0 Å². The molecule has 3 heterocycles. The molecule has 0 radical (unpaired) electrons. The number of nitrogens with zero attached hydrogens (tertiary/aromatic N) is 3. The topological polar surface area (TPSA) is 68.5 Å². The van der Waals surface area contributed by atoms with Crippen molar-refractivity contribution < 1.29 is 13.9 Å². The first kappa shape index (κ1) is 23.5. The number of carbonyl (C=O) groups is 1. The highest BCUT2D eigenvalue weighted by Gasteiger charge is 2.25. The SMILES string of the molecule is Cc1ncc(CC(=O)CC2CCC(CCN3CCc4ccc(OC5CCC5)nc4CC3)CC2)o1. The van der Waals surface area contributed by atoms with Crippen LogP contribution in [-0.4, -0.2) is 46.4 Å². The van der Waals surface area contributed by atoms with Gasteiger partial charge in [-0.2, -0.15) is 0 Å². The van der Waals surface area contributed by atoms with E-state index in [-0.39, 0.29) is 0 Å². The minimum Gasteiger partial charge on any atom is -0.474 e. The third-order valence-corrected chi connectivity index (χ3v) is 8.12. The fourth-order valence-corrected chi connectivity index (χ4v) is 5.72. The van der Waals surface area contributed by atoms with Crippen molar-refractivity contribution in [3.05, 3.63) is 41.2 Å². The second-order valence-electron chi connectivity index (χ2n) is 10.7. The number of Topliss-reactive ketones (excluding diaryl/α,β-unsaturated/α-hetero) is 1. The Kier molecular flexibility index (Phi) is 7.63. The van der Waals surface area contributed by atoms with Crippen LogP contribution in [0.1, 0.15) is 80.7 Å². The average Bonchev–Trinajstić information content (AvgIpc) is 3.10. The summed E-state index contributed by atoms with van der Waals surface area (Å²) in [4.78, 5) is 24.0. The van der Waals surface area contributed by atoms with E-state index < -0.39 is 0 Å². The normalized spacial score (nSPS) is 23.7. The summed E-state index contributed by atoms with van der Waals surface area (Å²) in [7, 11) is 0. The Balaban J connectivity index is 1.01. The molecule has 0 saturated heterocycles. The number of hydrogen-bond donors (Lipinski definition) is 0. The largest absolute Gasteiger partial charge is 0.474 e. The first-order chi connectivity index (χ1) is 16.6. The molecule has 0 atom stereocenters. The Hall–Kier alpha value is -2.21. The van der Waals surface area contributed by atoms with Crippen molar-refractivity contribution in [2.24, 2.45) is 11.8 Å². The van der Waals surface area contributed by atoms with E-state index in [1.54, 1.807) is 6.20 Å². The molecule has 2 aliphatic carbocycles. The van der Waals surface area contributed by atoms with Crippen LogP contribution in [0.25, 0.3) is 0 Å². The molecule has 2 aromatic heterocycles. The van der Waals surface area contributed by atoms with Crippen LogP contribution in [0.4, 0.5) is 0 Å². The summed E-state index contributed by atoms with van der Waals surface area (Å²) in [6.45, 7) is 5.22. The summed E-state index contributed by atoms with van der Waals surface area (Å²) in [6, 6.07) is 4.31. The van der Waals surface area contributed by atoms with Crippen LogP contribution in [0, 0.1) is 18.8 Å². The predicted molar refractivity (Wildman–Crippen MR) is 131 cm³/mol. The van der Waals surface area contributed by atoms with Crippen LogP contribution in [0.5, 0.6) is 5.88 Å². The highest BCUT2D eigenvalue weighted by molar-refractivity contribution is 5.80. The molecule has 6 heteroatoms. The molecular formula is C28H39N3O3. The molecule has 6 nitrogen and oxygen atoms in total. The smallest absolute Gasteiger partial charge is 0.213 e. The Morgan fingerprint density at radius 3 is 2.62 bits per heavy atom. The Labute approximate surface area is 203 Å². The number of aromatic nitrogens is 2. The number of ketones is 1. The van der Waals surface area contributed by atoms with Gasteiger partial charge in [0.05, 0.1) is 12.6 Å². The van der Waals surface area contributed by atoms with Gasteiger partial charge in [-0.05, 0) is 68.9 Å². The molecule has 2 saturated carbocycles. The van der Waals surface area contributed by atoms with Gasteiger partial charge < -0.3 is 14.1 Å². The quantitative estimate of drug-likeness (QED) is 0.513. The Bertz CT molecular complexity index is 960. The van der Waals surface area contributed by atoms with Crippen LogP contribution in [0.2, 0.25) is 0 Å². The third kappa shape index (κ3) is 6.26. The lowest BCUT2D eigenvalue weighted by Crippen LogP contribution is -2.29. The van der Waals surface area contributed by atoms with E-state index in [4.69, 9.17) is 14.1 Å². The lowest BCUT2D eigenvalue weighted by molar-refractivity contribution is -0.119. The van der Waals surface area contributed by atoms with Gasteiger partial charge in [0.2, 0.25) is 5.88 Å². The summed E-state index contributed by atoms with van der Waals surface area (Å²) in [6.07, 6.45) is 15.1. The first-order valence-corrected chi connectivity index (χ1v) is 13.4. The standard InChI is InChI=1S/C28H39N3O3/c1-20-29-19-26(33-20)18-24(32)17-22-7-5-21(6-8-22)11-14-31-15-12-23-9-10-28(30-27(23)13-16-31)34-25-3-2-4-25/h9-10,19,21-22,25H,2-8,11-18H2,1H3. The monoisotopic (exact) mass is 465 g/mol. The lowest BCUT2D eigenvalue weighted by atomic mass is 9.78. The van der Waals surface area contributed by atoms with Crippen molar-refractivity contribution in [3.8, 4) is 5.88 Å². The highest BCUT2D eigenvalue weighted by Crippen LogP contribution is 2.33. The fraction of sp³-hybridized carbons (Fsp3) is 0.679. The zero-order valence-corrected chi connectivity index (χ0v) is 20.6. The summed E-state index contributed by atoms with van der Waals surface area (Å²) in [5, 5.41) is 0. The molecule has 184 valence electrons. The van der Waals surface area contributed by atoms with Crippen molar-refractivity contribution in [1.82, 2.24) is 14.9 Å². The summed E-state index contributed by atoms with van der Waals surface area (Å²) < 4.78 is 11.5. The summed E-state index contributed by atoms with van der Waals surface area (Å²) in [5.74, 6) is 3.79. The number of hydrogen-bond acceptors (Lipinski definition) is 6. The molecule has 5 rings (SSSR count). The highest BCUT2D eigenvalue weighted by atomic mass is 16.5. The fourth-order valence-electron chi connectivity index (χ4n) is 5.72. The van der Waals surface area contributed by atoms with E-state index in [1.165, 1.54) is 69.2 Å². The minimum atomic E-state index is 0.290. The summed E-state index contributed by atoms with van der Waals surface area (Å²) >= 11 is 0. The minimum absolute atomic E-state index is 0.290. The Morgan fingerprint density at radius 1 is 1.09 bits per heavy atom. The van der Waals surface area contributed by atoms with Gasteiger partial charge in [-0.25, -0.2) is 9.97 Å². The maximum absolute atomic E-state index is 12.4. The number of ether oxygens (including phenoxy) is 1. The number of carbonyl (C=O) groups excluding carboxylic acids is 1. The second-order valence-corrected chi connectivity index (χ2v) is 10.7. The lowest BCUT2D eigenvalue weighted by Gasteiger charge is -2.30. The van der Waals surface area contributed by atoms with Crippen molar-refractivity contribution in [3.63, 3.8) is 0 Å². The number of oxazole rings is 1. The molecule has 1 aliphatic heterocycles. The van der Waals surface area contributed by atoms with Crippen LogP contribution in [0.15, 0.2) is 22.7 Å². The first-order valence-electron chi connectivity index (χ1n) is 13.4. The zero-order chi connectivity index (χ0) is 23.3. The maximum Gasteiger partial charge on any atom is 0.213 e. The van der Waals surface area contributed by atoms with Gasteiger partial charge in [-0.1, -0.05) is 18.9 Å². The van der Waals surface area contributed by atoms with Crippen LogP contribution in [0.3, 0.4) is 0 Å². The molecule has 34 heavy (non-hydrogen) atoms. The number of pyridine rings is 1. The van der Waals surface area contributed by atoms with E-state index >= 15 is 0 Å². The van der Waals surface area contributed by atoms with Crippen molar-refractivity contribution in [2.45, 2.75) is 90.1 Å². The van der Waals surface area contributed by atoms with Crippen LogP contribution in [-0.2, 0) is 24.1 Å². The molecule has 0 bridgehead atoms. The van der Waals surface area contributed by atoms with E-state index in [0.29, 0.717) is 42.3 Å². The molecule has 0 N–H and O–H groups in total. The Morgan fingerprint density at radius 2 is 1.88 bits per heavy atom. The van der Waals surface area contributed by atoms with Gasteiger partial charge >= 0.3 is 0 Å². The van der Waals surface area contributed by atoms with Gasteiger partial charge in [-0.15, -0.1) is 0 Å². The summed E-state index contributed by atoms with van der Waals surface area (Å²) in [5.41, 5.74) is 2.64. The van der Waals surface area contributed by atoms with E-state index in [9.17, 15) is 4.79 Å². The third-order valence-electron chi connectivity index (χ3n) is 8.12. The van der Waals surface area contributed by atoms with Crippen molar-refractivity contribution in [1.29, 1.82) is 0 Å². The van der Waals surface area contributed by atoms with Gasteiger partial charge in [0.25, 0.3) is 0 Å². The molecule has 0 aromatic carbocycles. The molecule has 0 unspecified atom stereocenters. The molecule has 2 aromatic rings. The molecular weight excluding hydrogens is 426 g/mol. The van der Waals surface area contributed by atoms with Crippen molar-refractivity contribution in [2.75, 3.05) is 19.6 Å². The van der Waals surface area contributed by atoms with E-state index in [0.717, 1.165) is 37.7 Å². The number of aryl methyl sites for hydroxylation is 1. The second kappa shape index (κ2) is 11.0. The molecule has 0 amide bonds. The molecule has 3 aliphatic rings. The van der Waals surface area contributed by atoms with E-state index in [1.807, 2.05) is 6.92 Å². The predicted octanol–water partition coefficient (Wildman–Crippen LogP) is 5.11. The number of fused-ring (bicyclic) bond motifs is 1. The molecule has 2 fully saturated rings. The van der Waals surface area contributed by atoms with Gasteiger partial charge in [0.15, 0.2) is 5.89 Å².